The number of rotatable bonds is 2. The van der Waals surface area contributed by atoms with Crippen molar-refractivity contribution in [2.45, 2.75) is 13.3 Å². The topological polar surface area (TPSA) is 43.8 Å². The number of hydrogen-bond donors (Lipinski definition) is 1. The fourth-order valence-corrected chi connectivity index (χ4v) is 2.21. The van der Waals surface area contributed by atoms with Gasteiger partial charge in [0.05, 0.1) is 10.7 Å². The van der Waals surface area contributed by atoms with E-state index in [4.69, 9.17) is 5.73 Å². The Bertz CT molecular complexity index is 563. The zero-order chi connectivity index (χ0) is 12.6. The molecule has 5 heteroatoms. The first-order chi connectivity index (χ1) is 8.04. The van der Waals surface area contributed by atoms with Gasteiger partial charge in [0.15, 0.2) is 0 Å². The summed E-state index contributed by atoms with van der Waals surface area (Å²) in [6, 6.07) is 3.60. The third-order valence-corrected chi connectivity index (χ3v) is 3.35. The zero-order valence-corrected chi connectivity index (χ0v) is 11.3. The highest BCUT2D eigenvalue weighted by Gasteiger charge is 2.15. The second-order valence-electron chi connectivity index (χ2n) is 3.86. The molecule has 2 N–H and O–H groups in total. The van der Waals surface area contributed by atoms with Gasteiger partial charge in [-0.15, -0.1) is 0 Å². The average molecular weight is 298 g/mol. The number of hydrogen-bond acceptors (Lipinski definition) is 2. The van der Waals surface area contributed by atoms with E-state index in [1.807, 2.05) is 13.0 Å². The molecule has 0 saturated carbocycles. The Morgan fingerprint density at radius 2 is 2.12 bits per heavy atom. The molecule has 0 amide bonds. The van der Waals surface area contributed by atoms with Crippen LogP contribution < -0.4 is 5.73 Å². The van der Waals surface area contributed by atoms with Crippen LogP contribution in [0.4, 0.5) is 10.2 Å². The molecular weight excluding hydrogens is 285 g/mol. The molecule has 0 unspecified atom stereocenters. The molecular formula is C12H13BrFN3. The number of benzene rings is 1. The molecule has 1 aromatic carbocycles. The summed E-state index contributed by atoms with van der Waals surface area (Å²) in [4.78, 5) is 0. The fourth-order valence-electron chi connectivity index (χ4n) is 1.70. The molecule has 0 aliphatic carbocycles. The SMILES string of the molecule is CCc1cc(Br)c(F)c(-c2cnn(C)c2N)c1. The van der Waals surface area contributed by atoms with Gasteiger partial charge in [-0.1, -0.05) is 6.92 Å². The molecule has 2 aromatic rings. The van der Waals surface area contributed by atoms with E-state index in [0.717, 1.165) is 12.0 Å². The van der Waals surface area contributed by atoms with Crippen LogP contribution in [0.15, 0.2) is 22.8 Å². The first-order valence-corrected chi connectivity index (χ1v) is 6.09. The van der Waals surface area contributed by atoms with Crippen LogP contribution in [0.25, 0.3) is 11.1 Å². The van der Waals surface area contributed by atoms with Crippen LogP contribution in [0.3, 0.4) is 0 Å². The molecule has 0 aliphatic heterocycles. The number of anilines is 1. The quantitative estimate of drug-likeness (QED) is 0.925. The molecule has 1 aromatic heterocycles. The lowest BCUT2D eigenvalue weighted by atomic mass is 10.0. The monoisotopic (exact) mass is 297 g/mol. The van der Waals surface area contributed by atoms with Crippen molar-refractivity contribution in [2.24, 2.45) is 7.05 Å². The Morgan fingerprint density at radius 3 is 2.65 bits per heavy atom. The van der Waals surface area contributed by atoms with E-state index in [1.165, 1.54) is 4.68 Å². The van der Waals surface area contributed by atoms with E-state index in [1.54, 1.807) is 19.3 Å². The average Bonchev–Trinajstić information content (AvgIpc) is 2.64. The number of nitrogen functional groups attached to an aromatic ring is 1. The van der Waals surface area contributed by atoms with Crippen molar-refractivity contribution in [2.75, 3.05) is 5.73 Å². The molecule has 17 heavy (non-hydrogen) atoms. The van der Waals surface area contributed by atoms with Crippen LogP contribution in [0.1, 0.15) is 12.5 Å². The van der Waals surface area contributed by atoms with E-state index in [9.17, 15) is 4.39 Å². The summed E-state index contributed by atoms with van der Waals surface area (Å²) in [5, 5.41) is 4.03. The second-order valence-corrected chi connectivity index (χ2v) is 4.71. The molecule has 0 saturated heterocycles. The molecule has 0 radical (unpaired) electrons. The molecule has 0 aliphatic rings. The second kappa shape index (κ2) is 4.49. The Morgan fingerprint density at radius 1 is 1.41 bits per heavy atom. The van der Waals surface area contributed by atoms with Crippen LogP contribution in [0, 0.1) is 5.82 Å². The van der Waals surface area contributed by atoms with Gasteiger partial charge in [0.2, 0.25) is 0 Å². The third kappa shape index (κ3) is 2.07. The largest absolute Gasteiger partial charge is 0.383 e. The maximum atomic E-state index is 14.1. The minimum Gasteiger partial charge on any atom is -0.383 e. The molecule has 0 atom stereocenters. The van der Waals surface area contributed by atoms with Gasteiger partial charge in [0, 0.05) is 18.2 Å². The minimum absolute atomic E-state index is 0.304. The molecule has 0 bridgehead atoms. The maximum Gasteiger partial charge on any atom is 0.145 e. The molecule has 0 fully saturated rings. The Hall–Kier alpha value is -1.36. The van der Waals surface area contributed by atoms with Gasteiger partial charge in [-0.3, -0.25) is 4.68 Å². The predicted octanol–water partition coefficient (Wildman–Crippen LogP) is 3.13. The number of halogens is 2. The van der Waals surface area contributed by atoms with Gasteiger partial charge in [-0.2, -0.15) is 5.10 Å². The highest BCUT2D eigenvalue weighted by Crippen LogP contribution is 2.32. The van der Waals surface area contributed by atoms with Crippen LogP contribution in [-0.2, 0) is 13.5 Å². The van der Waals surface area contributed by atoms with Crippen molar-refractivity contribution in [3.63, 3.8) is 0 Å². The molecule has 2 rings (SSSR count). The standard InChI is InChI=1S/C12H13BrFN3/c1-3-7-4-8(11(14)10(13)5-7)9-6-16-17(2)12(9)15/h4-6H,3,15H2,1-2H3. The Balaban J connectivity index is 2.66. The van der Waals surface area contributed by atoms with Crippen LogP contribution >= 0.6 is 15.9 Å². The highest BCUT2D eigenvalue weighted by molar-refractivity contribution is 9.10. The summed E-state index contributed by atoms with van der Waals surface area (Å²) in [5.74, 6) is 0.158. The van der Waals surface area contributed by atoms with Gasteiger partial charge in [0.25, 0.3) is 0 Å². The van der Waals surface area contributed by atoms with Crippen molar-refractivity contribution in [1.82, 2.24) is 9.78 Å². The van der Waals surface area contributed by atoms with Gasteiger partial charge in [-0.05, 0) is 40.0 Å². The lowest BCUT2D eigenvalue weighted by Crippen LogP contribution is -1.99. The maximum absolute atomic E-state index is 14.1. The third-order valence-electron chi connectivity index (χ3n) is 2.77. The van der Waals surface area contributed by atoms with E-state index >= 15 is 0 Å². The summed E-state index contributed by atoms with van der Waals surface area (Å²) >= 11 is 3.22. The van der Waals surface area contributed by atoms with E-state index in [-0.39, 0.29) is 5.82 Å². The fraction of sp³-hybridized carbons (Fsp3) is 0.250. The lowest BCUT2D eigenvalue weighted by molar-refractivity contribution is 0.624. The highest BCUT2D eigenvalue weighted by atomic mass is 79.9. The van der Waals surface area contributed by atoms with E-state index in [2.05, 4.69) is 21.0 Å². The van der Waals surface area contributed by atoms with Crippen molar-refractivity contribution in [1.29, 1.82) is 0 Å². The molecule has 0 spiro atoms. The van der Waals surface area contributed by atoms with Crippen LogP contribution in [0.5, 0.6) is 0 Å². The molecule has 1 heterocycles. The molecule has 90 valence electrons. The van der Waals surface area contributed by atoms with Gasteiger partial charge in [0.1, 0.15) is 11.6 Å². The number of aromatic nitrogens is 2. The molecule has 3 nitrogen and oxygen atoms in total. The van der Waals surface area contributed by atoms with Crippen LogP contribution in [-0.4, -0.2) is 9.78 Å². The van der Waals surface area contributed by atoms with Crippen molar-refractivity contribution in [3.8, 4) is 11.1 Å². The lowest BCUT2D eigenvalue weighted by Gasteiger charge is -2.07. The first kappa shape index (κ1) is 12.1. The number of nitrogens with zero attached hydrogens (tertiary/aromatic N) is 2. The summed E-state index contributed by atoms with van der Waals surface area (Å²) in [6.45, 7) is 2.02. The summed E-state index contributed by atoms with van der Waals surface area (Å²) in [6.07, 6.45) is 2.42. The number of aryl methyl sites for hydroxylation is 2. The first-order valence-electron chi connectivity index (χ1n) is 5.30. The summed E-state index contributed by atoms with van der Waals surface area (Å²) < 4.78 is 16.0. The Kier molecular flexibility index (Phi) is 3.19. The normalized spacial score (nSPS) is 10.8. The van der Waals surface area contributed by atoms with Crippen molar-refractivity contribution >= 4 is 21.7 Å². The van der Waals surface area contributed by atoms with Gasteiger partial charge < -0.3 is 5.73 Å². The summed E-state index contributed by atoms with van der Waals surface area (Å²) in [5.41, 5.74) is 8.03. The number of nitrogens with two attached hydrogens (primary N) is 1. The summed E-state index contributed by atoms with van der Waals surface area (Å²) in [7, 11) is 1.73. The van der Waals surface area contributed by atoms with E-state index < -0.39 is 0 Å². The Labute approximate surface area is 108 Å². The van der Waals surface area contributed by atoms with Crippen molar-refractivity contribution in [3.05, 3.63) is 34.2 Å². The van der Waals surface area contributed by atoms with E-state index in [0.29, 0.717) is 21.4 Å². The zero-order valence-electron chi connectivity index (χ0n) is 9.67. The van der Waals surface area contributed by atoms with Gasteiger partial charge >= 0.3 is 0 Å². The van der Waals surface area contributed by atoms with Crippen molar-refractivity contribution < 1.29 is 4.39 Å². The predicted molar refractivity (Wildman–Crippen MR) is 70.1 cm³/mol. The smallest absolute Gasteiger partial charge is 0.145 e. The minimum atomic E-state index is -0.304. The van der Waals surface area contributed by atoms with Crippen LogP contribution in [0.2, 0.25) is 0 Å². The van der Waals surface area contributed by atoms with Gasteiger partial charge in [-0.25, -0.2) is 4.39 Å².